The smallest absolute Gasteiger partial charge is 0.0409 e. The molecule has 1 aliphatic carbocycles. The van der Waals surface area contributed by atoms with Crippen molar-refractivity contribution in [2.24, 2.45) is 5.73 Å². The van der Waals surface area contributed by atoms with E-state index in [1.165, 1.54) is 6.42 Å². The minimum Gasteiger partial charge on any atom is -0.321 e. The molecule has 1 fully saturated rings. The fraction of sp³-hybridized carbons (Fsp3) is 0.375. The Morgan fingerprint density at radius 1 is 1.35 bits per heavy atom. The summed E-state index contributed by atoms with van der Waals surface area (Å²) in [7, 11) is 0. The first-order chi connectivity index (χ1) is 8.03. The van der Waals surface area contributed by atoms with Crippen LogP contribution in [0.5, 0.6) is 0 Å². The third-order valence-electron chi connectivity index (χ3n) is 3.42. The summed E-state index contributed by atoms with van der Waals surface area (Å²) in [4.78, 5) is 0. The maximum Gasteiger partial charge on any atom is 0.0409 e. The molecule has 0 aliphatic heterocycles. The fourth-order valence-electron chi connectivity index (χ4n) is 1.90. The molecule has 1 aliphatic rings. The quantitative estimate of drug-likeness (QED) is 0.707. The lowest BCUT2D eigenvalue weighted by molar-refractivity contribution is 0.304. The molecule has 0 heterocycles. The van der Waals surface area contributed by atoms with Crippen molar-refractivity contribution < 1.29 is 0 Å². The van der Waals surface area contributed by atoms with E-state index in [4.69, 9.17) is 5.73 Å². The van der Waals surface area contributed by atoms with Crippen LogP contribution in [0.2, 0.25) is 0 Å². The summed E-state index contributed by atoms with van der Waals surface area (Å²) in [5.74, 6) is 0. The van der Waals surface area contributed by atoms with Crippen LogP contribution in [0.4, 0.5) is 0 Å². The van der Waals surface area contributed by atoms with Gasteiger partial charge in [0, 0.05) is 5.54 Å². The molecular weight excluding hydrogens is 206 g/mol. The third kappa shape index (κ3) is 3.31. The SMILES string of the molecule is C=CC(=CC(=C)C(C)=CC=CC)C1(N)CCC1. The molecule has 17 heavy (non-hydrogen) atoms. The van der Waals surface area contributed by atoms with Crippen molar-refractivity contribution in [2.45, 2.75) is 38.6 Å². The zero-order valence-electron chi connectivity index (χ0n) is 11.0. The third-order valence-corrected chi connectivity index (χ3v) is 3.42. The first kappa shape index (κ1) is 13.7. The molecule has 0 atom stereocenters. The van der Waals surface area contributed by atoms with E-state index in [0.29, 0.717) is 0 Å². The highest BCUT2D eigenvalue weighted by molar-refractivity contribution is 5.45. The van der Waals surface area contributed by atoms with E-state index < -0.39 is 0 Å². The van der Waals surface area contributed by atoms with Gasteiger partial charge in [0.05, 0.1) is 0 Å². The highest BCUT2D eigenvalue weighted by Gasteiger charge is 2.34. The van der Waals surface area contributed by atoms with Crippen molar-refractivity contribution in [1.82, 2.24) is 0 Å². The zero-order valence-corrected chi connectivity index (χ0v) is 11.0. The van der Waals surface area contributed by atoms with Gasteiger partial charge in [0.2, 0.25) is 0 Å². The molecule has 92 valence electrons. The minimum absolute atomic E-state index is 0.161. The number of rotatable bonds is 5. The second-order valence-corrected chi connectivity index (χ2v) is 4.71. The summed E-state index contributed by atoms with van der Waals surface area (Å²) in [6.07, 6.45) is 13.3. The molecule has 0 bridgehead atoms. The summed E-state index contributed by atoms with van der Waals surface area (Å²) in [6.45, 7) is 12.0. The minimum atomic E-state index is -0.161. The van der Waals surface area contributed by atoms with E-state index in [-0.39, 0.29) is 5.54 Å². The van der Waals surface area contributed by atoms with Crippen molar-refractivity contribution >= 4 is 0 Å². The molecule has 0 amide bonds. The number of nitrogens with two attached hydrogens (primary N) is 1. The summed E-state index contributed by atoms with van der Waals surface area (Å²) < 4.78 is 0. The lowest BCUT2D eigenvalue weighted by Crippen LogP contribution is -2.47. The standard InChI is InChI=1S/C16H23N/c1-5-7-9-13(3)14(4)12-15(6-2)16(17)10-8-11-16/h5-7,9,12H,2,4,8,10-11,17H2,1,3H3. The van der Waals surface area contributed by atoms with Gasteiger partial charge in [0.25, 0.3) is 0 Å². The average Bonchev–Trinajstić information content (AvgIpc) is 2.29. The Kier molecular flexibility index (Phi) is 4.71. The van der Waals surface area contributed by atoms with Gasteiger partial charge >= 0.3 is 0 Å². The van der Waals surface area contributed by atoms with Crippen LogP contribution in [0, 0.1) is 0 Å². The van der Waals surface area contributed by atoms with Crippen LogP contribution in [-0.4, -0.2) is 5.54 Å². The van der Waals surface area contributed by atoms with Gasteiger partial charge in [-0.05, 0) is 49.8 Å². The van der Waals surface area contributed by atoms with Crippen LogP contribution in [0.15, 0.2) is 60.3 Å². The lowest BCUT2D eigenvalue weighted by Gasteiger charge is -2.39. The van der Waals surface area contributed by atoms with Crippen LogP contribution in [0.25, 0.3) is 0 Å². The summed E-state index contributed by atoms with van der Waals surface area (Å²) in [5.41, 5.74) is 9.41. The van der Waals surface area contributed by atoms with Crippen LogP contribution in [0.1, 0.15) is 33.1 Å². The second-order valence-electron chi connectivity index (χ2n) is 4.71. The summed E-state index contributed by atoms with van der Waals surface area (Å²) in [5, 5.41) is 0. The molecule has 1 saturated carbocycles. The van der Waals surface area contributed by atoms with Gasteiger partial charge in [-0.2, -0.15) is 0 Å². The van der Waals surface area contributed by atoms with E-state index in [1.54, 1.807) is 0 Å². The predicted octanol–water partition coefficient (Wildman–Crippen LogP) is 4.06. The van der Waals surface area contributed by atoms with Gasteiger partial charge in [-0.3, -0.25) is 0 Å². The fourth-order valence-corrected chi connectivity index (χ4v) is 1.90. The van der Waals surface area contributed by atoms with E-state index in [1.807, 2.05) is 25.2 Å². The largest absolute Gasteiger partial charge is 0.321 e. The molecule has 0 radical (unpaired) electrons. The van der Waals surface area contributed by atoms with Gasteiger partial charge < -0.3 is 5.73 Å². The van der Waals surface area contributed by atoms with E-state index in [2.05, 4.69) is 32.2 Å². The zero-order chi connectivity index (χ0) is 12.9. The Labute approximate surface area is 105 Å². The van der Waals surface area contributed by atoms with Gasteiger partial charge in [-0.1, -0.05) is 43.5 Å². The van der Waals surface area contributed by atoms with Gasteiger partial charge in [0.1, 0.15) is 0 Å². The van der Waals surface area contributed by atoms with Gasteiger partial charge in [-0.15, -0.1) is 0 Å². The van der Waals surface area contributed by atoms with Crippen molar-refractivity contribution in [3.05, 3.63) is 60.3 Å². The maximum absolute atomic E-state index is 6.29. The maximum atomic E-state index is 6.29. The Morgan fingerprint density at radius 3 is 2.41 bits per heavy atom. The molecule has 0 aromatic rings. The monoisotopic (exact) mass is 229 g/mol. The summed E-state index contributed by atoms with van der Waals surface area (Å²) >= 11 is 0. The van der Waals surface area contributed by atoms with Crippen LogP contribution in [-0.2, 0) is 0 Å². The van der Waals surface area contributed by atoms with E-state index in [9.17, 15) is 0 Å². The number of allylic oxidation sites excluding steroid dienone is 6. The lowest BCUT2D eigenvalue weighted by atomic mass is 9.71. The van der Waals surface area contributed by atoms with Crippen molar-refractivity contribution in [3.8, 4) is 0 Å². The predicted molar refractivity (Wildman–Crippen MR) is 76.8 cm³/mol. The van der Waals surface area contributed by atoms with Crippen LogP contribution >= 0.6 is 0 Å². The highest BCUT2D eigenvalue weighted by Crippen LogP contribution is 2.36. The van der Waals surface area contributed by atoms with E-state index in [0.717, 1.165) is 29.6 Å². The Bertz CT molecular complexity index is 390. The first-order valence-corrected chi connectivity index (χ1v) is 6.16. The molecule has 0 unspecified atom stereocenters. The number of hydrogen-bond acceptors (Lipinski definition) is 1. The molecule has 2 N–H and O–H groups in total. The molecule has 0 aromatic heterocycles. The first-order valence-electron chi connectivity index (χ1n) is 6.16. The highest BCUT2D eigenvalue weighted by atomic mass is 14.8. The topological polar surface area (TPSA) is 26.0 Å². The Balaban J connectivity index is 2.85. The van der Waals surface area contributed by atoms with Crippen LogP contribution < -0.4 is 5.73 Å². The Hall–Kier alpha value is -1.34. The summed E-state index contributed by atoms with van der Waals surface area (Å²) in [6, 6.07) is 0. The average molecular weight is 229 g/mol. The Morgan fingerprint density at radius 2 is 2.00 bits per heavy atom. The number of hydrogen-bond donors (Lipinski definition) is 1. The molecular formula is C16H23N. The molecule has 1 heteroatoms. The van der Waals surface area contributed by atoms with Gasteiger partial charge in [-0.25, -0.2) is 0 Å². The molecule has 0 spiro atoms. The van der Waals surface area contributed by atoms with Crippen molar-refractivity contribution in [3.63, 3.8) is 0 Å². The molecule has 0 aromatic carbocycles. The molecule has 0 saturated heterocycles. The van der Waals surface area contributed by atoms with Crippen molar-refractivity contribution in [1.29, 1.82) is 0 Å². The molecule has 1 nitrogen and oxygen atoms in total. The van der Waals surface area contributed by atoms with E-state index >= 15 is 0 Å². The second kappa shape index (κ2) is 5.83. The van der Waals surface area contributed by atoms with Crippen LogP contribution in [0.3, 0.4) is 0 Å². The van der Waals surface area contributed by atoms with Gasteiger partial charge in [0.15, 0.2) is 0 Å². The normalized spacial score (nSPS) is 20.2. The van der Waals surface area contributed by atoms with Crippen molar-refractivity contribution in [2.75, 3.05) is 0 Å². The molecule has 1 rings (SSSR count).